The minimum Gasteiger partial charge on any atom is -0.370 e. The lowest BCUT2D eigenvalue weighted by Crippen LogP contribution is -2.49. The number of aliphatic imine (C=N–C) groups is 3. The molecule has 0 aliphatic carbocycles. The Morgan fingerprint density at radius 1 is 1.19 bits per heavy atom. The van der Waals surface area contributed by atoms with Gasteiger partial charge in [0, 0.05) is 12.8 Å². The molecule has 1 aromatic heterocycles. The van der Waals surface area contributed by atoms with Gasteiger partial charge in [-0.3, -0.25) is 19.6 Å². The number of nitrogens with one attached hydrogen (secondary N) is 3. The van der Waals surface area contributed by atoms with E-state index in [0.29, 0.717) is 18.3 Å². The summed E-state index contributed by atoms with van der Waals surface area (Å²) in [5.74, 6) is 1.75. The van der Waals surface area contributed by atoms with E-state index in [4.69, 9.17) is 11.5 Å². The van der Waals surface area contributed by atoms with Crippen molar-refractivity contribution >= 4 is 41.1 Å². The van der Waals surface area contributed by atoms with Gasteiger partial charge in [0.1, 0.15) is 17.2 Å². The highest BCUT2D eigenvalue weighted by Crippen LogP contribution is 2.28. The molecule has 1 aromatic rings. The lowest BCUT2D eigenvalue weighted by Gasteiger charge is -2.37. The van der Waals surface area contributed by atoms with Crippen LogP contribution in [-0.2, 0) is 4.79 Å². The van der Waals surface area contributed by atoms with E-state index >= 15 is 0 Å². The van der Waals surface area contributed by atoms with Crippen molar-refractivity contribution in [3.63, 3.8) is 0 Å². The summed E-state index contributed by atoms with van der Waals surface area (Å²) >= 11 is 0. The Hall–Kier alpha value is -3.70. The maximum atomic E-state index is 11.5. The molecule has 0 saturated carbocycles. The zero-order valence-corrected chi connectivity index (χ0v) is 18.4. The maximum absolute atomic E-state index is 11.5. The number of anilines is 2. The van der Waals surface area contributed by atoms with Gasteiger partial charge >= 0.3 is 0 Å². The Morgan fingerprint density at radius 2 is 1.87 bits per heavy atom. The van der Waals surface area contributed by atoms with E-state index in [0.717, 1.165) is 17.2 Å². The monoisotopic (exact) mass is 428 g/mol. The minimum atomic E-state index is -0.665. The van der Waals surface area contributed by atoms with Gasteiger partial charge in [-0.1, -0.05) is 0 Å². The molecule has 12 heteroatoms. The number of nitrogen functional groups attached to an aromatic ring is 1. The summed E-state index contributed by atoms with van der Waals surface area (Å²) in [5.41, 5.74) is 12.4. The fourth-order valence-corrected chi connectivity index (χ4v) is 3.33. The van der Waals surface area contributed by atoms with Crippen LogP contribution in [-0.4, -0.2) is 63.2 Å². The van der Waals surface area contributed by atoms with Crippen LogP contribution in [0.15, 0.2) is 31.3 Å². The van der Waals surface area contributed by atoms with Crippen molar-refractivity contribution in [3.05, 3.63) is 21.9 Å². The molecule has 0 saturated heterocycles. The van der Waals surface area contributed by atoms with Gasteiger partial charge in [0.05, 0.1) is 17.6 Å². The summed E-state index contributed by atoms with van der Waals surface area (Å²) in [6, 6.07) is 0.334. The molecule has 0 fully saturated rings. The average molecular weight is 429 g/mol. The lowest BCUT2D eigenvalue weighted by molar-refractivity contribution is -0.102. The molecule has 166 valence electrons. The molecule has 0 bridgehead atoms. The number of aromatic nitrogens is 2. The van der Waals surface area contributed by atoms with Crippen LogP contribution in [0, 0.1) is 0 Å². The van der Waals surface area contributed by atoms with Gasteiger partial charge in [-0.2, -0.15) is 4.98 Å². The topological polar surface area (TPSA) is 179 Å². The predicted molar refractivity (Wildman–Crippen MR) is 122 cm³/mol. The zero-order valence-electron chi connectivity index (χ0n) is 18.4. The number of guanidine groups is 1. The van der Waals surface area contributed by atoms with Gasteiger partial charge in [-0.05, 0) is 34.6 Å². The zero-order chi connectivity index (χ0) is 23.1. The molecule has 7 N–H and O–H groups in total. The van der Waals surface area contributed by atoms with Crippen molar-refractivity contribution in [2.45, 2.75) is 52.2 Å². The molecule has 0 radical (unpaired) electrons. The van der Waals surface area contributed by atoms with E-state index in [2.05, 4.69) is 47.4 Å². The van der Waals surface area contributed by atoms with Crippen LogP contribution in [0.25, 0.3) is 0 Å². The Balaban J connectivity index is 0.000000176. The normalized spacial score (nSPS) is 23.5. The largest absolute Gasteiger partial charge is 0.370 e. The molecule has 0 aromatic carbocycles. The van der Waals surface area contributed by atoms with Crippen molar-refractivity contribution in [3.8, 4) is 0 Å². The van der Waals surface area contributed by atoms with E-state index in [9.17, 15) is 9.59 Å². The number of nitrogens with zero attached hydrogens (tertiary/aromatic N) is 5. The van der Waals surface area contributed by atoms with Crippen molar-refractivity contribution in [1.82, 2.24) is 20.2 Å². The van der Waals surface area contributed by atoms with Gasteiger partial charge in [-0.15, -0.1) is 0 Å². The quantitative estimate of drug-likeness (QED) is 0.390. The van der Waals surface area contributed by atoms with Crippen LogP contribution in [0.2, 0.25) is 0 Å². The van der Waals surface area contributed by atoms with E-state index in [1.54, 1.807) is 13.8 Å². The first-order chi connectivity index (χ1) is 14.4. The van der Waals surface area contributed by atoms with Crippen molar-refractivity contribution in [2.24, 2.45) is 20.7 Å². The Kier molecular flexibility index (Phi) is 5.57. The SMILES string of the molecule is CC1(C)Nc2nc(N)[nH]c(=O)c2N=C1C=O.CC1=NC2=C(NC(N)=NC2C)N(C)C1C. The average Bonchev–Trinajstić information content (AvgIpc) is 2.66. The molecule has 0 amide bonds. The van der Waals surface area contributed by atoms with Crippen molar-refractivity contribution in [2.75, 3.05) is 18.1 Å². The molecule has 31 heavy (non-hydrogen) atoms. The van der Waals surface area contributed by atoms with Gasteiger partial charge < -0.3 is 27.0 Å². The summed E-state index contributed by atoms with van der Waals surface area (Å²) in [4.78, 5) is 43.6. The second-order valence-corrected chi connectivity index (χ2v) is 8.10. The number of carbonyl (C=O) groups excluding carboxylic acids is 1. The summed E-state index contributed by atoms with van der Waals surface area (Å²) in [7, 11) is 2.04. The molecule has 2 atom stereocenters. The Morgan fingerprint density at radius 3 is 2.52 bits per heavy atom. The number of aromatic amines is 1. The summed E-state index contributed by atoms with van der Waals surface area (Å²) in [5, 5.41) is 6.02. The van der Waals surface area contributed by atoms with Crippen LogP contribution in [0.5, 0.6) is 0 Å². The minimum absolute atomic E-state index is 0.0109. The number of carbonyl (C=O) groups is 1. The number of nitrogens with two attached hydrogens (primary N) is 2. The molecule has 2 unspecified atom stereocenters. The second-order valence-electron chi connectivity index (χ2n) is 8.10. The molecule has 3 aliphatic heterocycles. The third kappa shape index (κ3) is 4.13. The molecule has 4 rings (SSSR count). The highest BCUT2D eigenvalue weighted by atomic mass is 16.1. The third-order valence-corrected chi connectivity index (χ3v) is 5.38. The number of aldehydes is 1. The number of fused-ring (bicyclic) bond motifs is 1. The third-order valence-electron chi connectivity index (χ3n) is 5.38. The smallest absolute Gasteiger partial charge is 0.280 e. The van der Waals surface area contributed by atoms with E-state index < -0.39 is 11.1 Å². The number of hydrogen-bond donors (Lipinski definition) is 5. The second kappa shape index (κ2) is 7.85. The van der Waals surface area contributed by atoms with E-state index in [1.807, 2.05) is 20.9 Å². The van der Waals surface area contributed by atoms with Crippen molar-refractivity contribution < 1.29 is 4.79 Å². The van der Waals surface area contributed by atoms with Crippen molar-refractivity contribution in [1.29, 1.82) is 0 Å². The fourth-order valence-electron chi connectivity index (χ4n) is 3.33. The molecular weight excluding hydrogens is 400 g/mol. The first-order valence-corrected chi connectivity index (χ1v) is 9.79. The van der Waals surface area contributed by atoms with Crippen LogP contribution < -0.4 is 27.7 Å². The summed E-state index contributed by atoms with van der Waals surface area (Å²) in [6.07, 6.45) is 0.617. The first kappa shape index (κ1) is 22.0. The highest BCUT2D eigenvalue weighted by Gasteiger charge is 2.32. The molecule has 12 nitrogen and oxygen atoms in total. The predicted octanol–water partition coefficient (Wildman–Crippen LogP) is 0.0843. The first-order valence-electron chi connectivity index (χ1n) is 9.79. The van der Waals surface area contributed by atoms with Gasteiger partial charge in [-0.25, -0.2) is 9.98 Å². The molecular formula is C19H28N10O2. The molecule has 3 aliphatic rings. The summed E-state index contributed by atoms with van der Waals surface area (Å²) in [6.45, 7) is 9.70. The van der Waals surface area contributed by atoms with E-state index in [1.165, 1.54) is 0 Å². The standard InChI is InChI=1S/C10H17N5.C9H11N5O2/c1-5-7(3)15(4)9-8(12-5)6(2)13-10(11)14-9;1-9(2)4(3-15)11-5-6(14-9)12-8(10)13-7(5)16/h6-7H,1-4H3,(H3,11,13,14);3H,1-2H3,(H4,10,12,13,14,16). The number of rotatable bonds is 1. The van der Waals surface area contributed by atoms with Crippen LogP contribution in [0.1, 0.15) is 34.6 Å². The molecule has 0 spiro atoms. The van der Waals surface area contributed by atoms with Gasteiger partial charge in [0.15, 0.2) is 23.8 Å². The fraction of sp³-hybridized carbons (Fsp3) is 0.474. The van der Waals surface area contributed by atoms with E-state index in [-0.39, 0.29) is 29.2 Å². The Bertz CT molecular complexity index is 1100. The molecule has 4 heterocycles. The number of H-pyrrole nitrogens is 1. The highest BCUT2D eigenvalue weighted by molar-refractivity contribution is 6.34. The summed E-state index contributed by atoms with van der Waals surface area (Å²) < 4.78 is 0. The van der Waals surface area contributed by atoms with Gasteiger partial charge in [0.2, 0.25) is 5.95 Å². The van der Waals surface area contributed by atoms with Gasteiger partial charge in [0.25, 0.3) is 5.56 Å². The number of hydrogen-bond acceptors (Lipinski definition) is 11. The lowest BCUT2D eigenvalue weighted by atomic mass is 9.97. The van der Waals surface area contributed by atoms with Crippen LogP contribution in [0.3, 0.4) is 0 Å². The maximum Gasteiger partial charge on any atom is 0.280 e. The Labute approximate surface area is 179 Å². The van der Waals surface area contributed by atoms with Crippen LogP contribution >= 0.6 is 0 Å². The van der Waals surface area contributed by atoms with Crippen LogP contribution in [0.4, 0.5) is 17.5 Å².